The second kappa shape index (κ2) is 12.2. The van der Waals surface area contributed by atoms with E-state index in [1.807, 2.05) is 11.9 Å². The van der Waals surface area contributed by atoms with E-state index < -0.39 is 11.9 Å². The van der Waals surface area contributed by atoms with Crippen LogP contribution >= 0.6 is 22.9 Å². The quantitative estimate of drug-likeness (QED) is 0.271. The third-order valence-electron chi connectivity index (χ3n) is 8.34. The Morgan fingerprint density at radius 1 is 1.25 bits per heavy atom. The van der Waals surface area contributed by atoms with E-state index in [4.69, 9.17) is 32.8 Å². The number of benzene rings is 2. The number of nitrogens with zero attached hydrogens (tertiary/aromatic N) is 7. The third-order valence-corrected chi connectivity index (χ3v) is 9.53. The number of carbonyl (C=O) groups is 1. The van der Waals surface area contributed by atoms with Gasteiger partial charge in [0, 0.05) is 42.2 Å². The van der Waals surface area contributed by atoms with Crippen LogP contribution in [0.2, 0.25) is 5.02 Å². The van der Waals surface area contributed by atoms with Crippen LogP contribution in [-0.2, 0) is 4.79 Å². The Kier molecular flexibility index (Phi) is 8.30. The van der Waals surface area contributed by atoms with Crippen LogP contribution in [0.15, 0.2) is 18.2 Å². The largest absolute Gasteiger partial charge is 0.505 e. The van der Waals surface area contributed by atoms with Gasteiger partial charge in [0.15, 0.2) is 10.9 Å². The molecule has 0 radical (unpaired) electrons. The molecule has 15 heteroatoms. The van der Waals surface area contributed by atoms with E-state index in [-0.39, 0.29) is 68.1 Å². The number of nitrogens with two attached hydrogens (primary N) is 2. The van der Waals surface area contributed by atoms with Crippen molar-refractivity contribution in [3.63, 3.8) is 0 Å². The highest BCUT2D eigenvalue weighted by Gasteiger charge is 2.33. The Labute approximate surface area is 261 Å². The second-order valence-electron chi connectivity index (χ2n) is 11.0. The third kappa shape index (κ3) is 5.41. The fourth-order valence-corrected chi connectivity index (χ4v) is 7.14. The zero-order valence-corrected chi connectivity index (χ0v) is 25.5. The molecule has 0 bridgehead atoms. The molecular weight excluding hydrogens is 609 g/mol. The molecule has 4 aromatic rings. The highest BCUT2D eigenvalue weighted by molar-refractivity contribution is 7.22. The summed E-state index contributed by atoms with van der Waals surface area (Å²) in [5.41, 5.74) is 12.6. The van der Waals surface area contributed by atoms with Crippen LogP contribution in [0.25, 0.3) is 32.2 Å². The van der Waals surface area contributed by atoms with Crippen molar-refractivity contribution in [2.24, 2.45) is 5.73 Å². The average Bonchev–Trinajstić information content (AvgIpc) is 3.62. The van der Waals surface area contributed by atoms with Gasteiger partial charge in [-0.2, -0.15) is 15.2 Å². The fraction of sp³-hybridized carbons (Fsp3) is 0.414. The summed E-state index contributed by atoms with van der Waals surface area (Å²) in [5, 5.41) is 22.0. The molecule has 2 aromatic carbocycles. The number of fused-ring (bicyclic) bond motifs is 2. The molecule has 4 heterocycles. The highest BCUT2D eigenvalue weighted by atomic mass is 35.5. The number of nitrogen functional groups attached to an aromatic ring is 1. The number of likely N-dealkylation sites (tertiary alicyclic amines) is 1. The Balaban J connectivity index is 1.48. The first-order chi connectivity index (χ1) is 21.2. The smallest absolute Gasteiger partial charge is 0.319 e. The Bertz CT molecular complexity index is 1800. The van der Waals surface area contributed by atoms with Crippen LogP contribution in [0.5, 0.6) is 11.8 Å². The van der Waals surface area contributed by atoms with Gasteiger partial charge in [-0.25, -0.2) is 9.37 Å². The molecule has 1 amide bonds. The van der Waals surface area contributed by atoms with Crippen LogP contribution in [0.4, 0.5) is 15.3 Å². The number of aromatic hydroxyl groups is 1. The lowest BCUT2D eigenvalue weighted by atomic mass is 10.0. The van der Waals surface area contributed by atoms with Gasteiger partial charge in [0.25, 0.3) is 0 Å². The number of amides is 1. The number of rotatable bonds is 7. The van der Waals surface area contributed by atoms with Gasteiger partial charge in [-0.05, 0) is 44.6 Å². The zero-order chi connectivity index (χ0) is 31.1. The minimum Gasteiger partial charge on any atom is -0.505 e. The number of ether oxygens (including phenoxy) is 1. The van der Waals surface area contributed by atoms with Crippen molar-refractivity contribution in [3.8, 4) is 29.0 Å². The number of nitriles is 1. The molecule has 2 aliphatic rings. The van der Waals surface area contributed by atoms with Crippen molar-refractivity contribution >= 4 is 60.9 Å². The van der Waals surface area contributed by atoms with E-state index in [0.29, 0.717) is 43.0 Å². The topological polar surface area (TPSA) is 171 Å². The number of likely N-dealkylation sites (N-methyl/N-ethyl adjacent to an activating group) is 1. The molecule has 2 aliphatic heterocycles. The Hall–Kier alpha value is -4.03. The minimum absolute atomic E-state index is 0.0656. The fourth-order valence-electron chi connectivity index (χ4n) is 6.07. The summed E-state index contributed by atoms with van der Waals surface area (Å²) in [7, 11) is 2.04. The molecule has 2 aromatic heterocycles. The molecule has 0 saturated carbocycles. The van der Waals surface area contributed by atoms with Gasteiger partial charge in [0.2, 0.25) is 5.91 Å². The van der Waals surface area contributed by atoms with Crippen LogP contribution in [0.3, 0.4) is 0 Å². The summed E-state index contributed by atoms with van der Waals surface area (Å²) >= 11 is 7.84. The van der Waals surface area contributed by atoms with E-state index in [9.17, 15) is 19.6 Å². The summed E-state index contributed by atoms with van der Waals surface area (Å²) in [6, 6.07) is 6.43. The summed E-state index contributed by atoms with van der Waals surface area (Å²) in [6.07, 6.45) is 2.15. The number of thiazole rings is 1. The number of phenolic OH excluding ortho intramolecular Hbond substituents is 1. The van der Waals surface area contributed by atoms with Gasteiger partial charge < -0.3 is 36.0 Å². The minimum atomic E-state index is -0.481. The van der Waals surface area contributed by atoms with Gasteiger partial charge in [-0.15, -0.1) is 0 Å². The molecule has 2 saturated heterocycles. The van der Waals surface area contributed by atoms with Crippen molar-refractivity contribution in [3.05, 3.63) is 29.0 Å². The highest BCUT2D eigenvalue weighted by Crippen LogP contribution is 2.46. The molecule has 12 nitrogen and oxygen atoms in total. The van der Waals surface area contributed by atoms with Gasteiger partial charge in [0.1, 0.15) is 23.8 Å². The number of hydrogen-bond acceptors (Lipinski definition) is 12. The van der Waals surface area contributed by atoms with Crippen molar-refractivity contribution < 1.29 is 19.0 Å². The number of aromatic nitrogens is 3. The molecule has 2 unspecified atom stereocenters. The van der Waals surface area contributed by atoms with E-state index in [0.717, 1.165) is 30.7 Å². The molecule has 2 atom stereocenters. The van der Waals surface area contributed by atoms with Crippen molar-refractivity contribution in [2.45, 2.75) is 31.3 Å². The zero-order valence-electron chi connectivity index (χ0n) is 24.0. The van der Waals surface area contributed by atoms with Crippen molar-refractivity contribution in [2.75, 3.05) is 57.0 Å². The van der Waals surface area contributed by atoms with E-state index in [2.05, 4.69) is 20.9 Å². The van der Waals surface area contributed by atoms with Crippen molar-refractivity contribution in [1.29, 1.82) is 5.26 Å². The Morgan fingerprint density at radius 3 is 2.80 bits per heavy atom. The van der Waals surface area contributed by atoms with E-state index >= 15 is 0 Å². The number of phenols is 1. The van der Waals surface area contributed by atoms with Gasteiger partial charge in [-0.3, -0.25) is 4.79 Å². The summed E-state index contributed by atoms with van der Waals surface area (Å²) in [4.78, 5) is 32.0. The molecule has 2 fully saturated rings. The first-order valence-electron chi connectivity index (χ1n) is 14.2. The normalized spacial score (nSPS) is 19.2. The summed E-state index contributed by atoms with van der Waals surface area (Å²) in [5.74, 6) is -0.520. The molecule has 230 valence electrons. The molecule has 0 aliphatic carbocycles. The maximum atomic E-state index is 14.6. The first kappa shape index (κ1) is 30.0. The maximum Gasteiger partial charge on any atom is 0.319 e. The van der Waals surface area contributed by atoms with E-state index in [1.54, 1.807) is 11.0 Å². The standard InChI is InChI=1S/C29H31ClFN9O3S/c1-38-8-2-3-16(38)14-43-29-36-23-18(27(37-29)39-9-10-40(21(41)12-33)15(13-39)6-7-32)11-19(30)22(25(23)42)17-4-5-20(31)26-24(17)35-28(34)44-26/h4-5,11,15-16,42H,2-3,6,8-10,12-14,33H2,1H3,(H2,34,35). The lowest BCUT2D eigenvalue weighted by molar-refractivity contribution is -0.132. The molecule has 5 N–H and O–H groups in total. The molecule has 6 rings (SSSR count). The van der Waals surface area contributed by atoms with Crippen molar-refractivity contribution in [1.82, 2.24) is 24.8 Å². The Morgan fingerprint density at radius 2 is 2.07 bits per heavy atom. The van der Waals surface area contributed by atoms with Crippen LogP contribution in [0.1, 0.15) is 19.3 Å². The van der Waals surface area contributed by atoms with Crippen LogP contribution in [0, 0.1) is 17.1 Å². The SMILES string of the molecule is CN1CCCC1COc1nc(N2CCN(C(=O)CN)C(CC#N)C2)c2cc(Cl)c(-c3ccc(F)c4sc(N)nc34)c(O)c2n1. The van der Waals surface area contributed by atoms with E-state index in [1.165, 1.54) is 12.1 Å². The maximum absolute atomic E-state index is 14.6. The van der Waals surface area contributed by atoms with Gasteiger partial charge >= 0.3 is 6.01 Å². The lowest BCUT2D eigenvalue weighted by Gasteiger charge is -2.41. The predicted molar refractivity (Wildman–Crippen MR) is 167 cm³/mol. The summed E-state index contributed by atoms with van der Waals surface area (Å²) < 4.78 is 21.0. The number of piperazine rings is 1. The number of halogens is 2. The van der Waals surface area contributed by atoms with Gasteiger partial charge in [-0.1, -0.05) is 22.9 Å². The molecule has 0 spiro atoms. The molecule has 44 heavy (non-hydrogen) atoms. The second-order valence-corrected chi connectivity index (χ2v) is 12.4. The average molecular weight is 640 g/mol. The number of anilines is 2. The predicted octanol–water partition coefficient (Wildman–Crippen LogP) is 3.35. The summed E-state index contributed by atoms with van der Waals surface area (Å²) in [6.45, 7) is 2.19. The van der Waals surface area contributed by atoms with Crippen LogP contribution < -0.4 is 21.1 Å². The first-order valence-corrected chi connectivity index (χ1v) is 15.4. The molecular formula is C29H31ClFN9O3S. The lowest BCUT2D eigenvalue weighted by Crippen LogP contribution is -2.56. The van der Waals surface area contributed by atoms with Gasteiger partial charge in [0.05, 0.1) is 40.3 Å². The number of carbonyl (C=O) groups excluding carboxylic acids is 1. The monoisotopic (exact) mass is 639 g/mol. The van der Waals surface area contributed by atoms with Crippen LogP contribution in [-0.4, -0.2) is 94.2 Å². The number of hydrogen-bond donors (Lipinski definition) is 3.